The first kappa shape index (κ1) is 14.7. The van der Waals surface area contributed by atoms with Crippen LogP contribution in [0.3, 0.4) is 0 Å². The Balaban J connectivity index is 2.38. The van der Waals surface area contributed by atoms with Gasteiger partial charge in [-0.15, -0.1) is 0 Å². The number of carbonyl (C=O) groups is 1. The predicted molar refractivity (Wildman–Crippen MR) is 70.2 cm³/mol. The third kappa shape index (κ3) is 4.87. The number of imidazole rings is 1. The zero-order valence-corrected chi connectivity index (χ0v) is 11.9. The minimum atomic E-state index is -0.432. The summed E-state index contributed by atoms with van der Waals surface area (Å²) in [6, 6.07) is 0.367. The van der Waals surface area contributed by atoms with Crippen molar-refractivity contribution in [2.75, 3.05) is 6.54 Å². The summed E-state index contributed by atoms with van der Waals surface area (Å²) in [6.07, 6.45) is 3.61. The van der Waals surface area contributed by atoms with Crippen LogP contribution in [0.1, 0.15) is 46.4 Å². The number of carbonyl (C=O) groups excluding carboxylic acids is 1. The summed E-state index contributed by atoms with van der Waals surface area (Å²) in [7, 11) is 0. The fourth-order valence-electron chi connectivity index (χ4n) is 1.60. The Morgan fingerprint density at radius 2 is 2.17 bits per heavy atom. The lowest BCUT2D eigenvalue weighted by atomic mass is 10.2. The lowest BCUT2D eigenvalue weighted by Gasteiger charge is -2.19. The molecule has 0 atom stereocenters. The number of aromatic nitrogens is 2. The van der Waals surface area contributed by atoms with E-state index in [2.05, 4.69) is 28.7 Å². The summed E-state index contributed by atoms with van der Waals surface area (Å²) in [5.41, 5.74) is 0.631. The van der Waals surface area contributed by atoms with Gasteiger partial charge < -0.3 is 14.6 Å². The van der Waals surface area contributed by atoms with Crippen LogP contribution in [0.4, 0.5) is 0 Å². The summed E-state index contributed by atoms with van der Waals surface area (Å²) in [5, 5.41) is 3.07. The van der Waals surface area contributed by atoms with Gasteiger partial charge in [0, 0.05) is 18.8 Å². The second-order valence-electron chi connectivity index (χ2n) is 5.58. The average Bonchev–Trinajstić information content (AvgIpc) is 2.62. The molecule has 0 aromatic carbocycles. The Bertz CT molecular complexity index is 391. The third-order valence-electron chi connectivity index (χ3n) is 2.30. The van der Waals surface area contributed by atoms with Gasteiger partial charge in [0.05, 0.1) is 18.6 Å². The van der Waals surface area contributed by atoms with Crippen LogP contribution in [0.5, 0.6) is 0 Å². The van der Waals surface area contributed by atoms with Crippen LogP contribution < -0.4 is 5.32 Å². The van der Waals surface area contributed by atoms with Crippen LogP contribution >= 0.6 is 0 Å². The molecule has 0 unspecified atom stereocenters. The Morgan fingerprint density at radius 3 is 2.72 bits per heavy atom. The Kier molecular flexibility index (Phi) is 4.90. The summed E-state index contributed by atoms with van der Waals surface area (Å²) >= 11 is 0. The fourth-order valence-corrected chi connectivity index (χ4v) is 1.60. The smallest absolute Gasteiger partial charge is 0.320 e. The van der Waals surface area contributed by atoms with Crippen molar-refractivity contribution < 1.29 is 9.53 Å². The number of nitrogens with zero attached hydrogens (tertiary/aromatic N) is 2. The van der Waals surface area contributed by atoms with Crippen molar-refractivity contribution in [1.82, 2.24) is 14.9 Å². The van der Waals surface area contributed by atoms with Gasteiger partial charge in [0.15, 0.2) is 0 Å². The second-order valence-corrected chi connectivity index (χ2v) is 5.58. The summed E-state index contributed by atoms with van der Waals surface area (Å²) < 4.78 is 7.28. The van der Waals surface area contributed by atoms with E-state index in [-0.39, 0.29) is 12.5 Å². The van der Waals surface area contributed by atoms with Crippen molar-refractivity contribution >= 4 is 5.97 Å². The van der Waals surface area contributed by atoms with Gasteiger partial charge in [0.1, 0.15) is 5.60 Å². The lowest BCUT2D eigenvalue weighted by molar-refractivity contribution is -0.153. The minimum absolute atomic E-state index is 0.209. The zero-order valence-electron chi connectivity index (χ0n) is 11.9. The molecule has 0 aliphatic rings. The first-order valence-corrected chi connectivity index (χ1v) is 6.23. The van der Waals surface area contributed by atoms with E-state index < -0.39 is 5.60 Å². The molecule has 0 saturated carbocycles. The van der Waals surface area contributed by atoms with Crippen molar-refractivity contribution in [3.8, 4) is 0 Å². The molecule has 1 aromatic rings. The van der Waals surface area contributed by atoms with Crippen LogP contribution in [0.2, 0.25) is 0 Å². The van der Waals surface area contributed by atoms with Crippen LogP contribution in [0, 0.1) is 0 Å². The van der Waals surface area contributed by atoms with E-state index >= 15 is 0 Å². The second kappa shape index (κ2) is 6.00. The summed E-state index contributed by atoms with van der Waals surface area (Å²) in [4.78, 5) is 15.6. The molecular weight excluding hydrogens is 230 g/mol. The minimum Gasteiger partial charge on any atom is -0.459 e. The Morgan fingerprint density at radius 1 is 1.50 bits per heavy atom. The van der Waals surface area contributed by atoms with E-state index in [4.69, 9.17) is 4.74 Å². The Hall–Kier alpha value is -1.36. The topological polar surface area (TPSA) is 56.2 Å². The molecule has 1 heterocycles. The largest absolute Gasteiger partial charge is 0.459 e. The van der Waals surface area contributed by atoms with Gasteiger partial charge in [-0.2, -0.15) is 0 Å². The van der Waals surface area contributed by atoms with E-state index in [1.54, 1.807) is 6.33 Å². The molecule has 0 saturated heterocycles. The molecular formula is C13H23N3O2. The molecule has 0 radical (unpaired) electrons. The molecule has 0 aliphatic heterocycles. The standard InChI is InChI=1S/C13H23N3O2/c1-10(2)16-9-15-7-11(16)6-14-8-12(17)18-13(3,4)5/h7,9-10,14H,6,8H2,1-5H3. The molecule has 0 amide bonds. The van der Waals surface area contributed by atoms with Gasteiger partial charge in [-0.3, -0.25) is 4.79 Å². The summed E-state index contributed by atoms with van der Waals surface area (Å²) in [5.74, 6) is -0.238. The third-order valence-corrected chi connectivity index (χ3v) is 2.30. The predicted octanol–water partition coefficient (Wildman–Crippen LogP) is 1.90. The molecule has 0 spiro atoms. The molecule has 0 fully saturated rings. The van der Waals surface area contributed by atoms with Crippen LogP contribution in [-0.2, 0) is 16.1 Å². The number of nitrogens with one attached hydrogen (secondary N) is 1. The van der Waals surface area contributed by atoms with Crippen molar-refractivity contribution in [3.05, 3.63) is 18.2 Å². The van der Waals surface area contributed by atoms with Crippen molar-refractivity contribution in [3.63, 3.8) is 0 Å². The van der Waals surface area contributed by atoms with Gasteiger partial charge in [0.2, 0.25) is 0 Å². The SMILES string of the molecule is CC(C)n1cncc1CNCC(=O)OC(C)(C)C. The lowest BCUT2D eigenvalue weighted by Crippen LogP contribution is -2.31. The van der Waals surface area contributed by atoms with Gasteiger partial charge >= 0.3 is 5.97 Å². The van der Waals surface area contributed by atoms with E-state index in [1.165, 1.54) is 0 Å². The molecule has 1 aromatic heterocycles. The van der Waals surface area contributed by atoms with E-state index in [9.17, 15) is 4.79 Å². The molecule has 5 nitrogen and oxygen atoms in total. The van der Waals surface area contributed by atoms with Gasteiger partial charge in [0.25, 0.3) is 0 Å². The quantitative estimate of drug-likeness (QED) is 0.814. The van der Waals surface area contributed by atoms with E-state index in [0.717, 1.165) is 5.69 Å². The first-order valence-electron chi connectivity index (χ1n) is 6.23. The van der Waals surface area contributed by atoms with Crippen molar-refractivity contribution in [2.24, 2.45) is 0 Å². The molecule has 102 valence electrons. The molecule has 0 bridgehead atoms. The highest BCUT2D eigenvalue weighted by atomic mass is 16.6. The van der Waals surface area contributed by atoms with Gasteiger partial charge in [-0.25, -0.2) is 4.98 Å². The molecule has 1 rings (SSSR count). The van der Waals surface area contributed by atoms with E-state index in [0.29, 0.717) is 12.6 Å². The van der Waals surface area contributed by atoms with E-state index in [1.807, 2.05) is 27.0 Å². The number of esters is 1. The number of rotatable bonds is 5. The first-order chi connectivity index (χ1) is 8.29. The van der Waals surface area contributed by atoms with Crippen molar-refractivity contribution in [2.45, 2.75) is 52.8 Å². The molecule has 5 heteroatoms. The van der Waals surface area contributed by atoms with Crippen molar-refractivity contribution in [1.29, 1.82) is 0 Å². The number of ether oxygens (including phenoxy) is 1. The maximum atomic E-state index is 11.5. The maximum Gasteiger partial charge on any atom is 0.320 e. The summed E-state index contributed by atoms with van der Waals surface area (Å²) in [6.45, 7) is 10.6. The normalized spacial score (nSPS) is 11.9. The zero-order chi connectivity index (χ0) is 13.8. The highest BCUT2D eigenvalue weighted by Crippen LogP contribution is 2.09. The van der Waals surface area contributed by atoms with Gasteiger partial charge in [-0.1, -0.05) is 0 Å². The average molecular weight is 253 g/mol. The highest BCUT2D eigenvalue weighted by Gasteiger charge is 2.15. The van der Waals surface area contributed by atoms with Crippen LogP contribution in [-0.4, -0.2) is 27.7 Å². The molecule has 0 aliphatic carbocycles. The monoisotopic (exact) mass is 253 g/mol. The Labute approximate surface area is 109 Å². The maximum absolute atomic E-state index is 11.5. The van der Waals surface area contributed by atoms with Crippen LogP contribution in [0.25, 0.3) is 0 Å². The highest BCUT2D eigenvalue weighted by molar-refractivity contribution is 5.72. The number of hydrogen-bond donors (Lipinski definition) is 1. The molecule has 18 heavy (non-hydrogen) atoms. The molecule has 1 N–H and O–H groups in total. The fraction of sp³-hybridized carbons (Fsp3) is 0.692. The number of hydrogen-bond acceptors (Lipinski definition) is 4. The van der Waals surface area contributed by atoms with Crippen LogP contribution in [0.15, 0.2) is 12.5 Å². The van der Waals surface area contributed by atoms with Gasteiger partial charge in [-0.05, 0) is 34.6 Å².